The summed E-state index contributed by atoms with van der Waals surface area (Å²) in [6, 6.07) is 67.6. The van der Waals surface area contributed by atoms with Crippen LogP contribution in [0.3, 0.4) is 0 Å². The Labute approximate surface area is 299 Å². The van der Waals surface area contributed by atoms with Crippen LogP contribution in [0.25, 0.3) is 107 Å². The van der Waals surface area contributed by atoms with Gasteiger partial charge in [0.2, 0.25) is 0 Å². The molecule has 10 aromatic carbocycles. The lowest BCUT2D eigenvalue weighted by Gasteiger charge is -2.21. The standard InChI is InChI=1S/C50H30S/c1-2-13-32-28-35(25-24-31(32)12-1)48-40-17-6-8-19-42(40)50(43-20-9-7-18-41(43)48)49-36-16-5-3-14-33(36)29-45-37-21-11-22-39(38(37)26-27-44(45)49)47-30-34-15-4-10-23-46(34)51-47/h1-30H. The number of hydrogen-bond donors (Lipinski definition) is 0. The first-order valence-electron chi connectivity index (χ1n) is 17.6. The van der Waals surface area contributed by atoms with Crippen molar-refractivity contribution in [3.63, 3.8) is 0 Å². The van der Waals surface area contributed by atoms with Crippen molar-refractivity contribution in [2.75, 3.05) is 0 Å². The van der Waals surface area contributed by atoms with Crippen LogP contribution in [-0.2, 0) is 0 Å². The minimum Gasteiger partial charge on any atom is -0.135 e. The molecule has 0 saturated carbocycles. The Morgan fingerprint density at radius 1 is 0.275 bits per heavy atom. The van der Waals surface area contributed by atoms with Crippen LogP contribution in [0, 0.1) is 0 Å². The Kier molecular flexibility index (Phi) is 6.22. The predicted octanol–water partition coefficient (Wildman–Crippen LogP) is 14.8. The van der Waals surface area contributed by atoms with Crippen LogP contribution in [0.1, 0.15) is 0 Å². The van der Waals surface area contributed by atoms with Crippen LogP contribution in [0.2, 0.25) is 0 Å². The molecule has 0 amide bonds. The van der Waals surface area contributed by atoms with E-state index in [0.29, 0.717) is 0 Å². The van der Waals surface area contributed by atoms with Crippen molar-refractivity contribution in [2.45, 2.75) is 0 Å². The molecule has 236 valence electrons. The molecule has 1 heterocycles. The molecule has 11 aromatic rings. The van der Waals surface area contributed by atoms with Gasteiger partial charge in [-0.3, -0.25) is 0 Å². The molecule has 0 bridgehead atoms. The van der Waals surface area contributed by atoms with Gasteiger partial charge in [-0.15, -0.1) is 11.3 Å². The number of hydrogen-bond acceptors (Lipinski definition) is 1. The van der Waals surface area contributed by atoms with Crippen molar-refractivity contribution in [1.29, 1.82) is 0 Å². The van der Waals surface area contributed by atoms with E-state index >= 15 is 0 Å². The second-order valence-electron chi connectivity index (χ2n) is 13.6. The largest absolute Gasteiger partial charge is 0.135 e. The summed E-state index contributed by atoms with van der Waals surface area (Å²) in [7, 11) is 0. The minimum absolute atomic E-state index is 1.25. The van der Waals surface area contributed by atoms with Gasteiger partial charge in [0.05, 0.1) is 0 Å². The lowest BCUT2D eigenvalue weighted by atomic mass is 9.82. The highest BCUT2D eigenvalue weighted by Gasteiger charge is 2.21. The number of rotatable bonds is 3. The molecule has 0 atom stereocenters. The first-order valence-corrected chi connectivity index (χ1v) is 18.4. The summed E-state index contributed by atoms with van der Waals surface area (Å²) < 4.78 is 1.32. The average Bonchev–Trinajstić information content (AvgIpc) is 3.63. The molecule has 0 spiro atoms. The normalized spacial score (nSPS) is 11.9. The van der Waals surface area contributed by atoms with Crippen molar-refractivity contribution in [3.05, 3.63) is 182 Å². The Balaban J connectivity index is 1.26. The molecule has 1 aromatic heterocycles. The Hall–Kier alpha value is -6.28. The molecule has 0 aliphatic heterocycles. The van der Waals surface area contributed by atoms with Crippen molar-refractivity contribution in [2.24, 2.45) is 0 Å². The molecule has 0 nitrogen and oxygen atoms in total. The summed E-state index contributed by atoms with van der Waals surface area (Å²) in [4.78, 5) is 1.31. The Bertz CT molecular complexity index is 3110. The Morgan fingerprint density at radius 3 is 1.57 bits per heavy atom. The molecule has 0 aliphatic carbocycles. The molecule has 51 heavy (non-hydrogen) atoms. The summed E-state index contributed by atoms with van der Waals surface area (Å²) >= 11 is 1.88. The summed E-state index contributed by atoms with van der Waals surface area (Å²) in [6.07, 6.45) is 0. The van der Waals surface area contributed by atoms with E-state index in [4.69, 9.17) is 0 Å². The second-order valence-corrected chi connectivity index (χ2v) is 14.7. The van der Waals surface area contributed by atoms with Crippen LogP contribution < -0.4 is 0 Å². The van der Waals surface area contributed by atoms with Gasteiger partial charge in [0.15, 0.2) is 0 Å². The van der Waals surface area contributed by atoms with Gasteiger partial charge in [0, 0.05) is 9.58 Å². The SMILES string of the molecule is c1ccc2cc(-c3c4ccccc4c(-c4c5ccccc5cc5c4ccc4c(-c6cc7ccccc7s6)cccc45)c4ccccc34)ccc2c1. The fourth-order valence-electron chi connectivity index (χ4n) is 8.56. The third kappa shape index (κ3) is 4.32. The van der Waals surface area contributed by atoms with Gasteiger partial charge < -0.3 is 0 Å². The van der Waals surface area contributed by atoms with E-state index < -0.39 is 0 Å². The van der Waals surface area contributed by atoms with E-state index in [1.807, 2.05) is 11.3 Å². The maximum absolute atomic E-state index is 2.42. The number of benzene rings is 10. The molecule has 0 radical (unpaired) electrons. The molecule has 11 rings (SSSR count). The fraction of sp³-hybridized carbons (Fsp3) is 0. The third-order valence-electron chi connectivity index (χ3n) is 10.8. The van der Waals surface area contributed by atoms with Gasteiger partial charge in [-0.25, -0.2) is 0 Å². The average molecular weight is 663 g/mol. The van der Waals surface area contributed by atoms with Crippen molar-refractivity contribution >= 4 is 86.1 Å². The molecule has 0 unspecified atom stereocenters. The lowest BCUT2D eigenvalue weighted by molar-refractivity contribution is 1.69. The van der Waals surface area contributed by atoms with Gasteiger partial charge in [0.1, 0.15) is 0 Å². The Morgan fingerprint density at radius 2 is 0.824 bits per heavy atom. The van der Waals surface area contributed by atoms with E-state index in [-0.39, 0.29) is 0 Å². The quantitative estimate of drug-likeness (QED) is 0.130. The first kappa shape index (κ1) is 28.5. The number of fused-ring (bicyclic) bond motifs is 8. The zero-order valence-corrected chi connectivity index (χ0v) is 28.5. The molecule has 0 saturated heterocycles. The van der Waals surface area contributed by atoms with Crippen molar-refractivity contribution in [3.8, 4) is 32.7 Å². The third-order valence-corrected chi connectivity index (χ3v) is 12.0. The van der Waals surface area contributed by atoms with Crippen LogP contribution >= 0.6 is 11.3 Å². The van der Waals surface area contributed by atoms with E-state index in [9.17, 15) is 0 Å². The van der Waals surface area contributed by atoms with Gasteiger partial charge in [-0.05, 0) is 122 Å². The van der Waals surface area contributed by atoms with E-state index in [0.717, 1.165) is 0 Å². The van der Waals surface area contributed by atoms with Crippen LogP contribution in [-0.4, -0.2) is 0 Å². The van der Waals surface area contributed by atoms with Crippen LogP contribution in [0.5, 0.6) is 0 Å². The molecule has 0 N–H and O–H groups in total. The van der Waals surface area contributed by atoms with E-state index in [1.165, 1.54) is 107 Å². The van der Waals surface area contributed by atoms with E-state index in [1.54, 1.807) is 0 Å². The summed E-state index contributed by atoms with van der Waals surface area (Å²) in [6.45, 7) is 0. The van der Waals surface area contributed by atoms with Crippen LogP contribution in [0.4, 0.5) is 0 Å². The summed E-state index contributed by atoms with van der Waals surface area (Å²) in [5.41, 5.74) is 6.43. The monoisotopic (exact) mass is 662 g/mol. The number of thiophene rings is 1. The van der Waals surface area contributed by atoms with Gasteiger partial charge in [0.25, 0.3) is 0 Å². The maximum Gasteiger partial charge on any atom is 0.0361 e. The van der Waals surface area contributed by atoms with Gasteiger partial charge in [-0.1, -0.05) is 158 Å². The molecular weight excluding hydrogens is 633 g/mol. The molecular formula is C50H30S. The van der Waals surface area contributed by atoms with Crippen molar-refractivity contribution in [1.82, 2.24) is 0 Å². The highest BCUT2D eigenvalue weighted by atomic mass is 32.1. The topological polar surface area (TPSA) is 0 Å². The molecule has 0 aliphatic rings. The lowest BCUT2D eigenvalue weighted by Crippen LogP contribution is -1.93. The van der Waals surface area contributed by atoms with Gasteiger partial charge >= 0.3 is 0 Å². The minimum atomic E-state index is 1.25. The summed E-state index contributed by atoms with van der Waals surface area (Å²) in [5.74, 6) is 0. The highest BCUT2D eigenvalue weighted by Crippen LogP contribution is 2.49. The predicted molar refractivity (Wildman–Crippen MR) is 223 cm³/mol. The smallest absolute Gasteiger partial charge is 0.0361 e. The summed E-state index contributed by atoms with van der Waals surface area (Å²) in [5, 5.41) is 16.6. The highest BCUT2D eigenvalue weighted by molar-refractivity contribution is 7.22. The zero-order chi connectivity index (χ0) is 33.5. The van der Waals surface area contributed by atoms with Gasteiger partial charge in [-0.2, -0.15) is 0 Å². The van der Waals surface area contributed by atoms with Crippen LogP contribution in [0.15, 0.2) is 182 Å². The fourth-order valence-corrected chi connectivity index (χ4v) is 9.66. The second kappa shape index (κ2) is 11.1. The molecule has 1 heteroatoms. The zero-order valence-electron chi connectivity index (χ0n) is 27.7. The maximum atomic E-state index is 2.42. The van der Waals surface area contributed by atoms with E-state index in [2.05, 4.69) is 182 Å². The first-order chi connectivity index (χ1) is 25.3. The van der Waals surface area contributed by atoms with Crippen molar-refractivity contribution < 1.29 is 0 Å². The molecule has 0 fully saturated rings.